The SMILES string of the molecule is Cc1ccc(C)c(SCC(=O)N2CCCNC(=O)C2)c1. The van der Waals surface area contributed by atoms with E-state index in [2.05, 4.69) is 23.5 Å². The molecule has 1 aliphatic heterocycles. The number of nitrogens with one attached hydrogen (secondary N) is 1. The summed E-state index contributed by atoms with van der Waals surface area (Å²) in [5.74, 6) is 0.359. The smallest absolute Gasteiger partial charge is 0.239 e. The fraction of sp³-hybridized carbons (Fsp3) is 0.467. The van der Waals surface area contributed by atoms with Gasteiger partial charge >= 0.3 is 0 Å². The first-order valence-corrected chi connectivity index (χ1v) is 7.79. The average Bonchev–Trinajstić information content (AvgIpc) is 2.64. The highest BCUT2D eigenvalue weighted by atomic mass is 32.2. The van der Waals surface area contributed by atoms with E-state index < -0.39 is 0 Å². The fourth-order valence-corrected chi connectivity index (χ4v) is 3.14. The number of carbonyl (C=O) groups excluding carboxylic acids is 2. The van der Waals surface area contributed by atoms with E-state index in [4.69, 9.17) is 0 Å². The maximum atomic E-state index is 12.2. The normalized spacial score (nSPS) is 15.7. The number of carbonyl (C=O) groups is 2. The lowest BCUT2D eigenvalue weighted by Crippen LogP contribution is -2.38. The molecule has 108 valence electrons. The molecule has 0 bridgehead atoms. The third-order valence-electron chi connectivity index (χ3n) is 3.31. The zero-order valence-electron chi connectivity index (χ0n) is 11.9. The number of benzene rings is 1. The standard InChI is InChI=1S/C15H20N2O2S/c1-11-4-5-12(2)13(8-11)20-10-15(19)17-7-3-6-16-14(18)9-17/h4-5,8H,3,6-7,9-10H2,1-2H3,(H,16,18). The van der Waals surface area contributed by atoms with Gasteiger partial charge in [-0.2, -0.15) is 0 Å². The minimum Gasteiger partial charge on any atom is -0.354 e. The molecule has 1 aromatic carbocycles. The van der Waals surface area contributed by atoms with Crippen LogP contribution < -0.4 is 5.32 Å². The highest BCUT2D eigenvalue weighted by molar-refractivity contribution is 8.00. The van der Waals surface area contributed by atoms with E-state index in [1.807, 2.05) is 13.8 Å². The van der Waals surface area contributed by atoms with Gasteiger partial charge in [-0.3, -0.25) is 9.59 Å². The van der Waals surface area contributed by atoms with Gasteiger partial charge in [0.1, 0.15) is 0 Å². The van der Waals surface area contributed by atoms with Crippen molar-refractivity contribution in [3.63, 3.8) is 0 Å². The molecular weight excluding hydrogens is 272 g/mol. The van der Waals surface area contributed by atoms with E-state index in [-0.39, 0.29) is 18.4 Å². The van der Waals surface area contributed by atoms with E-state index in [9.17, 15) is 9.59 Å². The van der Waals surface area contributed by atoms with Crippen molar-refractivity contribution in [1.29, 1.82) is 0 Å². The van der Waals surface area contributed by atoms with Crippen molar-refractivity contribution >= 4 is 23.6 Å². The summed E-state index contributed by atoms with van der Waals surface area (Å²) in [5, 5.41) is 2.78. The van der Waals surface area contributed by atoms with E-state index in [0.717, 1.165) is 11.3 Å². The Bertz CT molecular complexity index is 517. The van der Waals surface area contributed by atoms with Crippen molar-refractivity contribution in [2.75, 3.05) is 25.4 Å². The Morgan fingerprint density at radius 2 is 2.20 bits per heavy atom. The number of aryl methyl sites for hydroxylation is 2. The highest BCUT2D eigenvalue weighted by Gasteiger charge is 2.19. The van der Waals surface area contributed by atoms with Gasteiger partial charge in [0.15, 0.2) is 0 Å². The molecule has 0 saturated carbocycles. The maximum absolute atomic E-state index is 12.2. The van der Waals surface area contributed by atoms with E-state index in [0.29, 0.717) is 18.8 Å². The number of amides is 2. The topological polar surface area (TPSA) is 49.4 Å². The summed E-state index contributed by atoms with van der Waals surface area (Å²) < 4.78 is 0. The molecule has 1 N–H and O–H groups in total. The molecule has 1 aromatic rings. The highest BCUT2D eigenvalue weighted by Crippen LogP contribution is 2.23. The van der Waals surface area contributed by atoms with Crippen molar-refractivity contribution in [2.45, 2.75) is 25.2 Å². The van der Waals surface area contributed by atoms with Gasteiger partial charge in [0, 0.05) is 18.0 Å². The zero-order valence-corrected chi connectivity index (χ0v) is 12.8. The molecule has 2 amide bonds. The van der Waals surface area contributed by atoms with Crippen LogP contribution in [0.2, 0.25) is 0 Å². The quantitative estimate of drug-likeness (QED) is 0.863. The first-order chi connectivity index (χ1) is 9.56. The van der Waals surface area contributed by atoms with Crippen LogP contribution in [0.5, 0.6) is 0 Å². The largest absolute Gasteiger partial charge is 0.354 e. The van der Waals surface area contributed by atoms with Crippen molar-refractivity contribution in [3.05, 3.63) is 29.3 Å². The number of hydrogen-bond acceptors (Lipinski definition) is 3. The first kappa shape index (κ1) is 14.9. The molecule has 2 rings (SSSR count). The number of nitrogens with zero attached hydrogens (tertiary/aromatic N) is 1. The van der Waals surface area contributed by atoms with Gasteiger partial charge in [-0.1, -0.05) is 17.7 Å². The third kappa shape index (κ3) is 4.00. The summed E-state index contributed by atoms with van der Waals surface area (Å²) in [6.07, 6.45) is 0.825. The lowest BCUT2D eigenvalue weighted by atomic mass is 10.2. The minimum atomic E-state index is -0.0624. The summed E-state index contributed by atoms with van der Waals surface area (Å²) in [4.78, 5) is 26.4. The van der Waals surface area contributed by atoms with Gasteiger partial charge in [0.2, 0.25) is 11.8 Å². The van der Waals surface area contributed by atoms with Crippen LogP contribution in [0.3, 0.4) is 0 Å². The Kier molecular flexibility index (Phi) is 5.06. The zero-order chi connectivity index (χ0) is 14.5. The Morgan fingerprint density at radius 1 is 1.40 bits per heavy atom. The lowest BCUT2D eigenvalue weighted by Gasteiger charge is -2.19. The number of thioether (sulfide) groups is 1. The second-order valence-corrected chi connectivity index (χ2v) is 6.09. The molecule has 0 unspecified atom stereocenters. The molecule has 1 aliphatic rings. The first-order valence-electron chi connectivity index (χ1n) is 6.81. The second kappa shape index (κ2) is 6.79. The van der Waals surface area contributed by atoms with Crippen molar-refractivity contribution in [3.8, 4) is 0 Å². The monoisotopic (exact) mass is 292 g/mol. The van der Waals surface area contributed by atoms with Gasteiger partial charge in [-0.05, 0) is 31.9 Å². The molecule has 0 aromatic heterocycles. The average molecular weight is 292 g/mol. The molecular formula is C15H20N2O2S. The van der Waals surface area contributed by atoms with Crippen molar-refractivity contribution in [1.82, 2.24) is 10.2 Å². The van der Waals surface area contributed by atoms with E-state index >= 15 is 0 Å². The Morgan fingerprint density at radius 3 is 3.00 bits per heavy atom. The van der Waals surface area contributed by atoms with E-state index in [1.165, 1.54) is 11.1 Å². The van der Waals surface area contributed by atoms with Crippen LogP contribution in [0.4, 0.5) is 0 Å². The number of rotatable bonds is 3. The van der Waals surface area contributed by atoms with Gasteiger partial charge < -0.3 is 10.2 Å². The maximum Gasteiger partial charge on any atom is 0.239 e. The van der Waals surface area contributed by atoms with Crippen LogP contribution in [0.15, 0.2) is 23.1 Å². The molecule has 1 saturated heterocycles. The molecule has 1 heterocycles. The molecule has 20 heavy (non-hydrogen) atoms. The molecule has 0 atom stereocenters. The fourth-order valence-electron chi connectivity index (χ4n) is 2.11. The molecule has 0 radical (unpaired) electrons. The van der Waals surface area contributed by atoms with Crippen LogP contribution in [-0.4, -0.2) is 42.1 Å². The Balaban J connectivity index is 1.94. The predicted molar refractivity (Wildman–Crippen MR) is 80.8 cm³/mol. The van der Waals surface area contributed by atoms with Gasteiger partial charge in [0.05, 0.1) is 12.3 Å². The minimum absolute atomic E-state index is 0.0351. The van der Waals surface area contributed by atoms with Crippen LogP contribution in [0.1, 0.15) is 17.5 Å². The van der Waals surface area contributed by atoms with Crippen LogP contribution in [0.25, 0.3) is 0 Å². The molecule has 5 heteroatoms. The lowest BCUT2D eigenvalue weighted by molar-refractivity contribution is -0.133. The van der Waals surface area contributed by atoms with E-state index in [1.54, 1.807) is 16.7 Å². The van der Waals surface area contributed by atoms with Gasteiger partial charge in [-0.15, -0.1) is 11.8 Å². The van der Waals surface area contributed by atoms with Crippen molar-refractivity contribution < 1.29 is 9.59 Å². The van der Waals surface area contributed by atoms with Gasteiger partial charge in [0.25, 0.3) is 0 Å². The van der Waals surface area contributed by atoms with Gasteiger partial charge in [-0.25, -0.2) is 0 Å². The number of hydrogen-bond donors (Lipinski definition) is 1. The summed E-state index contributed by atoms with van der Waals surface area (Å²) in [7, 11) is 0. The summed E-state index contributed by atoms with van der Waals surface area (Å²) in [6, 6.07) is 6.24. The predicted octanol–water partition coefficient (Wildman–Crippen LogP) is 1.74. The Hall–Kier alpha value is -1.49. The summed E-state index contributed by atoms with van der Waals surface area (Å²) in [5.41, 5.74) is 2.38. The van der Waals surface area contributed by atoms with Crippen LogP contribution in [0, 0.1) is 13.8 Å². The van der Waals surface area contributed by atoms with Crippen LogP contribution in [-0.2, 0) is 9.59 Å². The third-order valence-corrected chi connectivity index (χ3v) is 4.45. The molecule has 0 spiro atoms. The summed E-state index contributed by atoms with van der Waals surface area (Å²) in [6.45, 7) is 5.60. The van der Waals surface area contributed by atoms with Crippen LogP contribution >= 0.6 is 11.8 Å². The Labute approximate surface area is 123 Å². The second-order valence-electron chi connectivity index (χ2n) is 5.08. The van der Waals surface area contributed by atoms with Crippen molar-refractivity contribution in [2.24, 2.45) is 0 Å². The molecule has 4 nitrogen and oxygen atoms in total. The molecule has 1 fully saturated rings. The molecule has 0 aliphatic carbocycles. The summed E-state index contributed by atoms with van der Waals surface area (Å²) >= 11 is 1.55.